The Bertz CT molecular complexity index is 308. The summed E-state index contributed by atoms with van der Waals surface area (Å²) < 4.78 is 0. The molecule has 0 aliphatic heterocycles. The van der Waals surface area contributed by atoms with Crippen molar-refractivity contribution in [2.24, 2.45) is 17.3 Å². The van der Waals surface area contributed by atoms with E-state index >= 15 is 0 Å². The molecule has 0 heterocycles. The molecule has 2 rings (SSSR count). The van der Waals surface area contributed by atoms with Crippen molar-refractivity contribution in [3.05, 3.63) is 0 Å². The van der Waals surface area contributed by atoms with Gasteiger partial charge in [0.15, 0.2) is 0 Å². The normalized spacial score (nSPS) is 48.9. The lowest BCUT2D eigenvalue weighted by molar-refractivity contribution is -0.103. The summed E-state index contributed by atoms with van der Waals surface area (Å²) in [5.41, 5.74) is -1.17. The smallest absolute Gasteiger partial charge is 0.0865 e. The Labute approximate surface area is 98.7 Å². The molecule has 0 bridgehead atoms. The minimum absolute atomic E-state index is 0.289. The lowest BCUT2D eigenvalue weighted by Crippen LogP contribution is -2.51. The van der Waals surface area contributed by atoms with E-state index in [0.29, 0.717) is 5.92 Å². The van der Waals surface area contributed by atoms with Gasteiger partial charge in [0.25, 0.3) is 0 Å². The largest absolute Gasteiger partial charge is 0.388 e. The van der Waals surface area contributed by atoms with Gasteiger partial charge in [-0.2, -0.15) is 5.26 Å². The molecule has 1 N–H and O–H groups in total. The molecular formula is C14H23NO. The SMILES string of the molecule is CC1CCCC(C#N)(C2(O)CCCC2C)C1. The zero-order valence-corrected chi connectivity index (χ0v) is 10.5. The summed E-state index contributed by atoms with van der Waals surface area (Å²) in [6.07, 6.45) is 7.09. The Kier molecular flexibility index (Phi) is 3.01. The molecule has 2 aliphatic carbocycles. The van der Waals surface area contributed by atoms with Crippen molar-refractivity contribution in [2.45, 2.75) is 64.4 Å². The van der Waals surface area contributed by atoms with Gasteiger partial charge in [0, 0.05) is 0 Å². The summed E-state index contributed by atoms with van der Waals surface area (Å²) in [7, 11) is 0. The van der Waals surface area contributed by atoms with Gasteiger partial charge in [-0.05, 0) is 37.5 Å². The predicted molar refractivity (Wildman–Crippen MR) is 63.6 cm³/mol. The first-order valence-electron chi connectivity index (χ1n) is 6.68. The van der Waals surface area contributed by atoms with E-state index in [9.17, 15) is 10.4 Å². The molecule has 90 valence electrons. The molecule has 0 spiro atoms. The first kappa shape index (κ1) is 11.9. The average molecular weight is 221 g/mol. The standard InChI is InChI=1S/C14H23NO/c1-11-5-3-7-13(9-11,10-15)14(16)8-4-6-12(14)2/h11-12,16H,3-9H2,1-2H3. The highest BCUT2D eigenvalue weighted by atomic mass is 16.3. The maximum absolute atomic E-state index is 10.9. The number of nitrogens with zero attached hydrogens (tertiary/aromatic N) is 1. The molecule has 0 radical (unpaired) electrons. The van der Waals surface area contributed by atoms with Gasteiger partial charge in [0.1, 0.15) is 0 Å². The number of aliphatic hydroxyl groups is 1. The van der Waals surface area contributed by atoms with Crippen molar-refractivity contribution < 1.29 is 5.11 Å². The van der Waals surface area contributed by atoms with Crippen molar-refractivity contribution >= 4 is 0 Å². The summed E-state index contributed by atoms with van der Waals surface area (Å²) in [6.45, 7) is 4.33. The lowest BCUT2D eigenvalue weighted by Gasteiger charge is -2.47. The molecule has 2 nitrogen and oxygen atoms in total. The highest BCUT2D eigenvalue weighted by Crippen LogP contribution is 2.54. The maximum atomic E-state index is 10.9. The third-order valence-electron chi connectivity index (χ3n) is 5.05. The third kappa shape index (κ3) is 1.57. The Morgan fingerprint density at radius 3 is 2.38 bits per heavy atom. The zero-order chi connectivity index (χ0) is 11.8. The summed E-state index contributed by atoms with van der Waals surface area (Å²) in [4.78, 5) is 0. The number of nitriles is 1. The highest BCUT2D eigenvalue weighted by Gasteiger charge is 2.56. The van der Waals surface area contributed by atoms with E-state index in [4.69, 9.17) is 0 Å². The molecule has 0 aromatic heterocycles. The first-order valence-corrected chi connectivity index (χ1v) is 6.68. The van der Waals surface area contributed by atoms with Crippen molar-refractivity contribution in [1.29, 1.82) is 5.26 Å². The fourth-order valence-electron chi connectivity index (χ4n) is 4.02. The van der Waals surface area contributed by atoms with Crippen LogP contribution in [0.1, 0.15) is 58.8 Å². The molecular weight excluding hydrogens is 198 g/mol. The van der Waals surface area contributed by atoms with Gasteiger partial charge in [0.2, 0.25) is 0 Å². The van der Waals surface area contributed by atoms with Gasteiger partial charge < -0.3 is 5.11 Å². The molecule has 2 aliphatic rings. The Morgan fingerprint density at radius 1 is 1.19 bits per heavy atom. The van der Waals surface area contributed by atoms with Gasteiger partial charge in [-0.25, -0.2) is 0 Å². The molecule has 0 aromatic carbocycles. The summed E-state index contributed by atoms with van der Waals surface area (Å²) >= 11 is 0. The van der Waals surface area contributed by atoms with Crippen LogP contribution >= 0.6 is 0 Å². The Hall–Kier alpha value is -0.550. The monoisotopic (exact) mass is 221 g/mol. The van der Waals surface area contributed by atoms with Crippen LogP contribution in [-0.2, 0) is 0 Å². The van der Waals surface area contributed by atoms with Gasteiger partial charge >= 0.3 is 0 Å². The van der Waals surface area contributed by atoms with E-state index in [0.717, 1.165) is 38.5 Å². The first-order chi connectivity index (χ1) is 7.54. The molecule has 2 heteroatoms. The van der Waals surface area contributed by atoms with E-state index < -0.39 is 11.0 Å². The van der Waals surface area contributed by atoms with Crippen LogP contribution in [0.25, 0.3) is 0 Å². The number of rotatable bonds is 1. The molecule has 4 atom stereocenters. The topological polar surface area (TPSA) is 44.0 Å². The van der Waals surface area contributed by atoms with Crippen LogP contribution < -0.4 is 0 Å². The predicted octanol–water partition coefficient (Wildman–Crippen LogP) is 3.26. The van der Waals surface area contributed by atoms with Gasteiger partial charge in [-0.1, -0.05) is 33.1 Å². The molecule has 0 amide bonds. The quantitative estimate of drug-likeness (QED) is 0.738. The van der Waals surface area contributed by atoms with Crippen LogP contribution in [0.4, 0.5) is 0 Å². The minimum Gasteiger partial charge on any atom is -0.388 e. The fraction of sp³-hybridized carbons (Fsp3) is 0.929. The molecule has 4 unspecified atom stereocenters. The van der Waals surface area contributed by atoms with Crippen LogP contribution in [0.5, 0.6) is 0 Å². The van der Waals surface area contributed by atoms with Crippen LogP contribution in [-0.4, -0.2) is 10.7 Å². The van der Waals surface area contributed by atoms with E-state index in [1.165, 1.54) is 6.42 Å². The van der Waals surface area contributed by atoms with Crippen LogP contribution in [0.2, 0.25) is 0 Å². The van der Waals surface area contributed by atoms with E-state index in [2.05, 4.69) is 19.9 Å². The van der Waals surface area contributed by atoms with Crippen molar-refractivity contribution in [1.82, 2.24) is 0 Å². The molecule has 16 heavy (non-hydrogen) atoms. The summed E-state index contributed by atoms with van der Waals surface area (Å²) in [5, 5.41) is 20.5. The van der Waals surface area contributed by atoms with Crippen LogP contribution in [0.3, 0.4) is 0 Å². The Morgan fingerprint density at radius 2 is 1.88 bits per heavy atom. The van der Waals surface area contributed by atoms with Gasteiger partial charge in [-0.15, -0.1) is 0 Å². The molecule has 0 saturated heterocycles. The van der Waals surface area contributed by atoms with E-state index in [-0.39, 0.29) is 5.92 Å². The Balaban J connectivity index is 2.30. The molecule has 0 aromatic rings. The molecule has 2 saturated carbocycles. The van der Waals surface area contributed by atoms with Crippen molar-refractivity contribution in [3.8, 4) is 6.07 Å². The van der Waals surface area contributed by atoms with E-state index in [1.807, 2.05) is 0 Å². The lowest BCUT2D eigenvalue weighted by atomic mass is 9.59. The maximum Gasteiger partial charge on any atom is 0.0865 e. The second kappa shape index (κ2) is 4.04. The number of hydrogen-bond donors (Lipinski definition) is 1. The minimum atomic E-state index is -0.712. The summed E-state index contributed by atoms with van der Waals surface area (Å²) in [6, 6.07) is 2.51. The van der Waals surface area contributed by atoms with Gasteiger partial charge in [0.05, 0.1) is 17.1 Å². The second-order valence-electron chi connectivity index (χ2n) is 6.11. The molecule has 2 fully saturated rings. The van der Waals surface area contributed by atoms with E-state index in [1.54, 1.807) is 0 Å². The fourth-order valence-corrected chi connectivity index (χ4v) is 4.02. The van der Waals surface area contributed by atoms with Crippen molar-refractivity contribution in [3.63, 3.8) is 0 Å². The third-order valence-corrected chi connectivity index (χ3v) is 5.05. The average Bonchev–Trinajstić information content (AvgIpc) is 2.61. The van der Waals surface area contributed by atoms with Crippen LogP contribution in [0.15, 0.2) is 0 Å². The highest BCUT2D eigenvalue weighted by molar-refractivity contribution is 5.16. The van der Waals surface area contributed by atoms with Crippen LogP contribution in [0, 0.1) is 28.6 Å². The van der Waals surface area contributed by atoms with Crippen molar-refractivity contribution in [2.75, 3.05) is 0 Å². The summed E-state index contributed by atoms with van der Waals surface area (Å²) in [5.74, 6) is 0.877. The zero-order valence-electron chi connectivity index (χ0n) is 10.5. The van der Waals surface area contributed by atoms with Gasteiger partial charge in [-0.3, -0.25) is 0 Å². The number of hydrogen-bond acceptors (Lipinski definition) is 2. The second-order valence-corrected chi connectivity index (χ2v) is 6.11.